The van der Waals surface area contributed by atoms with Gasteiger partial charge in [-0.05, 0) is 44.9 Å². The maximum atomic E-state index is 11.1. The van der Waals surface area contributed by atoms with Gasteiger partial charge in [0, 0.05) is 29.2 Å². The number of rotatable bonds is 5. The van der Waals surface area contributed by atoms with Gasteiger partial charge in [-0.15, -0.1) is 0 Å². The minimum absolute atomic E-state index is 0.112. The molecule has 1 aromatic rings. The van der Waals surface area contributed by atoms with Crippen molar-refractivity contribution in [1.82, 2.24) is 4.90 Å². The number of aliphatic hydroxyl groups is 1. The molecule has 2 rings (SSSR count). The average molecular weight is 313 g/mol. The van der Waals surface area contributed by atoms with E-state index in [0.29, 0.717) is 23.6 Å². The maximum absolute atomic E-state index is 11.1. The molecule has 1 heterocycles. The average Bonchev–Trinajstić information content (AvgIpc) is 2.40. The van der Waals surface area contributed by atoms with Gasteiger partial charge >= 0.3 is 0 Å². The third-order valence-corrected chi connectivity index (χ3v) is 4.21. The van der Waals surface area contributed by atoms with Gasteiger partial charge in [-0.1, -0.05) is 18.0 Å². The third-order valence-electron chi connectivity index (χ3n) is 3.97. The molecule has 1 N–H and O–H groups in total. The SMILES string of the molecule is CC(O)CC1CCCCN1Cc1cc(Cl)ccc1[N+](=O)[O-]. The zero-order chi connectivity index (χ0) is 15.4. The Balaban J connectivity index is 2.18. The van der Waals surface area contributed by atoms with Crippen LogP contribution >= 0.6 is 11.6 Å². The first-order chi connectivity index (χ1) is 9.97. The van der Waals surface area contributed by atoms with E-state index in [-0.39, 0.29) is 22.8 Å². The molecule has 0 aliphatic carbocycles. The van der Waals surface area contributed by atoms with E-state index in [9.17, 15) is 15.2 Å². The van der Waals surface area contributed by atoms with Gasteiger partial charge in [0.15, 0.2) is 0 Å². The summed E-state index contributed by atoms with van der Waals surface area (Å²) >= 11 is 5.98. The van der Waals surface area contributed by atoms with Gasteiger partial charge in [0.2, 0.25) is 0 Å². The molecule has 1 aromatic carbocycles. The van der Waals surface area contributed by atoms with E-state index in [4.69, 9.17) is 11.6 Å². The number of hydrogen-bond donors (Lipinski definition) is 1. The van der Waals surface area contributed by atoms with E-state index in [1.807, 2.05) is 0 Å². The number of halogens is 1. The Morgan fingerprint density at radius 3 is 2.95 bits per heavy atom. The predicted molar refractivity (Wildman–Crippen MR) is 82.5 cm³/mol. The van der Waals surface area contributed by atoms with Crippen molar-refractivity contribution in [2.75, 3.05) is 6.54 Å². The Kier molecular flexibility index (Phi) is 5.56. The van der Waals surface area contributed by atoms with Crippen LogP contribution in [0.3, 0.4) is 0 Å². The van der Waals surface area contributed by atoms with Gasteiger partial charge in [0.1, 0.15) is 0 Å². The molecule has 0 amide bonds. The van der Waals surface area contributed by atoms with Crippen LogP contribution in [0.5, 0.6) is 0 Å². The highest BCUT2D eigenvalue weighted by Gasteiger charge is 2.26. The summed E-state index contributed by atoms with van der Waals surface area (Å²) in [5.74, 6) is 0. The Hall–Kier alpha value is -1.17. The quantitative estimate of drug-likeness (QED) is 0.668. The first-order valence-electron chi connectivity index (χ1n) is 7.32. The van der Waals surface area contributed by atoms with E-state index in [0.717, 1.165) is 25.8 Å². The van der Waals surface area contributed by atoms with Crippen LogP contribution in [0.4, 0.5) is 5.69 Å². The summed E-state index contributed by atoms with van der Waals surface area (Å²) < 4.78 is 0. The largest absolute Gasteiger partial charge is 0.393 e. The van der Waals surface area contributed by atoms with Crippen molar-refractivity contribution in [1.29, 1.82) is 0 Å². The second-order valence-electron chi connectivity index (χ2n) is 5.73. The number of aliphatic hydroxyl groups excluding tert-OH is 1. The highest BCUT2D eigenvalue weighted by atomic mass is 35.5. The molecule has 2 unspecified atom stereocenters. The van der Waals surface area contributed by atoms with E-state index < -0.39 is 0 Å². The lowest BCUT2D eigenvalue weighted by Gasteiger charge is -2.36. The van der Waals surface area contributed by atoms with Crippen molar-refractivity contribution >= 4 is 17.3 Å². The Morgan fingerprint density at radius 2 is 2.29 bits per heavy atom. The summed E-state index contributed by atoms with van der Waals surface area (Å²) in [6.45, 7) is 3.20. The van der Waals surface area contributed by atoms with Gasteiger partial charge in [0.05, 0.1) is 11.0 Å². The summed E-state index contributed by atoms with van der Waals surface area (Å²) in [6, 6.07) is 4.96. The lowest BCUT2D eigenvalue weighted by atomic mass is 9.96. The normalized spacial score (nSPS) is 21.2. The van der Waals surface area contributed by atoms with Gasteiger partial charge in [0.25, 0.3) is 5.69 Å². The Morgan fingerprint density at radius 1 is 1.52 bits per heavy atom. The predicted octanol–water partition coefficient (Wildman–Crippen LogP) is 3.37. The smallest absolute Gasteiger partial charge is 0.273 e. The van der Waals surface area contributed by atoms with Crippen molar-refractivity contribution in [3.05, 3.63) is 38.9 Å². The van der Waals surface area contributed by atoms with Crippen LogP contribution in [0, 0.1) is 10.1 Å². The molecule has 1 aliphatic rings. The first-order valence-corrected chi connectivity index (χ1v) is 7.70. The monoisotopic (exact) mass is 312 g/mol. The number of nitro groups is 1. The molecule has 1 aliphatic heterocycles. The number of likely N-dealkylation sites (tertiary alicyclic amines) is 1. The van der Waals surface area contributed by atoms with E-state index in [1.54, 1.807) is 19.1 Å². The summed E-state index contributed by atoms with van der Waals surface area (Å²) in [6.07, 6.45) is 3.61. The van der Waals surface area contributed by atoms with E-state index in [1.165, 1.54) is 6.07 Å². The van der Waals surface area contributed by atoms with Crippen LogP contribution in [-0.2, 0) is 6.54 Å². The van der Waals surface area contributed by atoms with Crippen molar-refractivity contribution in [2.45, 2.75) is 51.3 Å². The molecule has 0 aromatic heterocycles. The number of nitro benzene ring substituents is 1. The van der Waals surface area contributed by atoms with Crippen LogP contribution in [0.1, 0.15) is 38.2 Å². The summed E-state index contributed by atoms with van der Waals surface area (Å²) in [5.41, 5.74) is 0.755. The fourth-order valence-corrected chi connectivity index (χ4v) is 3.20. The summed E-state index contributed by atoms with van der Waals surface area (Å²) in [5, 5.41) is 21.3. The van der Waals surface area contributed by atoms with Gasteiger partial charge in [-0.2, -0.15) is 0 Å². The van der Waals surface area contributed by atoms with Gasteiger partial charge in [-0.25, -0.2) is 0 Å². The van der Waals surface area contributed by atoms with Crippen molar-refractivity contribution in [3.63, 3.8) is 0 Å². The molecule has 116 valence electrons. The topological polar surface area (TPSA) is 66.6 Å². The van der Waals surface area contributed by atoms with Gasteiger partial charge < -0.3 is 5.11 Å². The third kappa shape index (κ3) is 4.40. The second-order valence-corrected chi connectivity index (χ2v) is 6.17. The van der Waals surface area contributed by atoms with E-state index >= 15 is 0 Å². The number of piperidine rings is 1. The Bertz CT molecular complexity index is 508. The summed E-state index contributed by atoms with van der Waals surface area (Å²) in [4.78, 5) is 13.0. The van der Waals surface area contributed by atoms with E-state index in [2.05, 4.69) is 4.90 Å². The number of nitrogens with zero attached hydrogens (tertiary/aromatic N) is 2. The highest BCUT2D eigenvalue weighted by molar-refractivity contribution is 6.30. The first kappa shape index (κ1) is 16.2. The van der Waals surface area contributed by atoms with Crippen LogP contribution in [-0.4, -0.2) is 33.6 Å². The molecule has 0 spiro atoms. The molecular weight excluding hydrogens is 292 g/mol. The molecule has 1 saturated heterocycles. The zero-order valence-electron chi connectivity index (χ0n) is 12.2. The lowest BCUT2D eigenvalue weighted by Crippen LogP contribution is -2.40. The molecule has 2 atom stereocenters. The molecule has 1 fully saturated rings. The van der Waals surface area contributed by atoms with Crippen LogP contribution in [0.25, 0.3) is 0 Å². The van der Waals surface area contributed by atoms with Crippen molar-refractivity contribution in [2.24, 2.45) is 0 Å². The number of benzene rings is 1. The molecule has 0 radical (unpaired) electrons. The van der Waals surface area contributed by atoms with Gasteiger partial charge in [-0.3, -0.25) is 15.0 Å². The minimum Gasteiger partial charge on any atom is -0.393 e. The van der Waals surface area contributed by atoms with Crippen LogP contribution in [0.15, 0.2) is 18.2 Å². The fourth-order valence-electron chi connectivity index (χ4n) is 3.01. The second kappa shape index (κ2) is 7.20. The molecule has 5 nitrogen and oxygen atoms in total. The molecule has 21 heavy (non-hydrogen) atoms. The Labute approximate surface area is 129 Å². The molecule has 6 heteroatoms. The molecule has 0 saturated carbocycles. The highest BCUT2D eigenvalue weighted by Crippen LogP contribution is 2.28. The number of hydrogen-bond acceptors (Lipinski definition) is 4. The fraction of sp³-hybridized carbons (Fsp3) is 0.600. The zero-order valence-corrected chi connectivity index (χ0v) is 12.9. The van der Waals surface area contributed by atoms with Crippen molar-refractivity contribution < 1.29 is 10.0 Å². The minimum atomic E-state index is -0.362. The molecule has 0 bridgehead atoms. The summed E-state index contributed by atoms with van der Waals surface area (Å²) in [7, 11) is 0. The van der Waals surface area contributed by atoms with Crippen molar-refractivity contribution in [3.8, 4) is 0 Å². The van der Waals surface area contributed by atoms with Crippen LogP contribution in [0.2, 0.25) is 5.02 Å². The lowest BCUT2D eigenvalue weighted by molar-refractivity contribution is -0.385. The maximum Gasteiger partial charge on any atom is 0.273 e. The standard InChI is InChI=1S/C15H21ClN2O3/c1-11(19)8-14-4-2-3-7-17(14)10-12-9-13(16)5-6-15(12)18(20)21/h5-6,9,11,14,19H,2-4,7-8,10H2,1H3. The van der Waals surface area contributed by atoms with Crippen LogP contribution < -0.4 is 0 Å². The molecular formula is C15H21ClN2O3.